The molecule has 3 heterocycles. The summed E-state index contributed by atoms with van der Waals surface area (Å²) in [4.78, 5) is 31.9. The fourth-order valence-electron chi connectivity index (χ4n) is 4.27. The summed E-state index contributed by atoms with van der Waals surface area (Å²) in [5.41, 5.74) is 3.70. The van der Waals surface area contributed by atoms with Gasteiger partial charge in [-0.2, -0.15) is 0 Å². The molecule has 1 saturated heterocycles. The number of fused-ring (bicyclic) bond motifs is 1. The summed E-state index contributed by atoms with van der Waals surface area (Å²) in [5, 5.41) is 0. The Labute approximate surface area is 177 Å². The van der Waals surface area contributed by atoms with E-state index in [1.165, 1.54) is 6.42 Å². The van der Waals surface area contributed by atoms with E-state index in [2.05, 4.69) is 11.1 Å². The monoisotopic (exact) mass is 407 g/mol. The van der Waals surface area contributed by atoms with Gasteiger partial charge in [0.1, 0.15) is 5.65 Å². The maximum Gasteiger partial charge on any atom is 0.315 e. The van der Waals surface area contributed by atoms with Crippen LogP contribution in [0.5, 0.6) is 0 Å². The van der Waals surface area contributed by atoms with Gasteiger partial charge in [0.05, 0.1) is 29.0 Å². The van der Waals surface area contributed by atoms with Crippen molar-refractivity contribution in [2.24, 2.45) is 5.41 Å². The minimum atomic E-state index is -0.650. The standard InChI is InChI=1S/C24H29N3O3/c1-4-30-23(29)24(3)12-10-18(11-13-24)21-17(2)25-20-9-8-19(16-27(20)21)22(28)26-14-6-5-7-15-26/h8-12,16H,4-7,13-15H2,1-3H3. The van der Waals surface area contributed by atoms with E-state index < -0.39 is 5.41 Å². The van der Waals surface area contributed by atoms with Crippen molar-refractivity contribution in [3.8, 4) is 0 Å². The molecule has 1 amide bonds. The first-order chi connectivity index (χ1) is 14.4. The highest BCUT2D eigenvalue weighted by molar-refractivity contribution is 5.94. The Hall–Kier alpha value is -2.89. The molecule has 6 heteroatoms. The molecule has 2 aromatic rings. The van der Waals surface area contributed by atoms with Crippen molar-refractivity contribution in [3.63, 3.8) is 0 Å². The molecule has 158 valence electrons. The number of amides is 1. The Balaban J connectivity index is 1.66. The van der Waals surface area contributed by atoms with Gasteiger partial charge in [-0.25, -0.2) is 4.98 Å². The first-order valence-electron chi connectivity index (χ1n) is 10.8. The minimum absolute atomic E-state index is 0.0805. The molecule has 4 rings (SSSR count). The zero-order valence-corrected chi connectivity index (χ0v) is 18.0. The van der Waals surface area contributed by atoms with E-state index in [0.29, 0.717) is 18.6 Å². The number of nitrogens with zero attached hydrogens (tertiary/aromatic N) is 3. The molecule has 0 radical (unpaired) electrons. The van der Waals surface area contributed by atoms with Gasteiger partial charge in [-0.05, 0) is 64.2 Å². The van der Waals surface area contributed by atoms with Crippen LogP contribution in [0.15, 0.2) is 36.6 Å². The number of aryl methyl sites for hydroxylation is 1. The largest absolute Gasteiger partial charge is 0.465 e. The number of hydrogen-bond donors (Lipinski definition) is 0. The van der Waals surface area contributed by atoms with E-state index in [0.717, 1.165) is 48.5 Å². The first-order valence-corrected chi connectivity index (χ1v) is 10.8. The fraction of sp³-hybridized carbons (Fsp3) is 0.458. The van der Waals surface area contributed by atoms with Gasteiger partial charge in [-0.1, -0.05) is 18.2 Å². The third-order valence-corrected chi connectivity index (χ3v) is 6.07. The predicted molar refractivity (Wildman–Crippen MR) is 116 cm³/mol. The summed E-state index contributed by atoms with van der Waals surface area (Å²) in [6, 6.07) is 3.77. The maximum absolute atomic E-state index is 13.0. The number of allylic oxidation sites excluding steroid dienone is 3. The smallest absolute Gasteiger partial charge is 0.315 e. The average molecular weight is 408 g/mol. The summed E-state index contributed by atoms with van der Waals surface area (Å²) in [6.45, 7) is 7.71. The lowest BCUT2D eigenvalue weighted by Gasteiger charge is -2.27. The summed E-state index contributed by atoms with van der Waals surface area (Å²) >= 11 is 0. The second-order valence-electron chi connectivity index (χ2n) is 8.38. The third kappa shape index (κ3) is 3.66. The number of carbonyl (C=O) groups is 2. The van der Waals surface area contributed by atoms with Crippen molar-refractivity contribution in [3.05, 3.63) is 53.5 Å². The number of imidazole rings is 1. The van der Waals surface area contributed by atoms with Gasteiger partial charge in [-0.3, -0.25) is 14.0 Å². The molecule has 0 N–H and O–H groups in total. The molecule has 1 atom stereocenters. The minimum Gasteiger partial charge on any atom is -0.465 e. The second-order valence-corrected chi connectivity index (χ2v) is 8.38. The molecule has 1 fully saturated rings. The van der Waals surface area contributed by atoms with Gasteiger partial charge < -0.3 is 9.64 Å². The molecule has 1 unspecified atom stereocenters. The quantitative estimate of drug-likeness (QED) is 0.713. The second kappa shape index (κ2) is 8.09. The lowest BCUT2D eigenvalue weighted by molar-refractivity contribution is -0.151. The molecule has 1 aliphatic heterocycles. The van der Waals surface area contributed by atoms with Gasteiger partial charge >= 0.3 is 5.97 Å². The number of piperidine rings is 1. The van der Waals surface area contributed by atoms with E-state index in [9.17, 15) is 9.59 Å². The van der Waals surface area contributed by atoms with E-state index >= 15 is 0 Å². The average Bonchev–Trinajstić information content (AvgIpc) is 3.09. The highest BCUT2D eigenvalue weighted by Gasteiger charge is 2.33. The molecule has 0 bridgehead atoms. The van der Waals surface area contributed by atoms with E-state index in [1.807, 2.05) is 60.6 Å². The first kappa shape index (κ1) is 20.4. The third-order valence-electron chi connectivity index (χ3n) is 6.07. The van der Waals surface area contributed by atoms with Gasteiger partial charge in [0.2, 0.25) is 0 Å². The van der Waals surface area contributed by atoms with Crippen LogP contribution in [0.4, 0.5) is 0 Å². The Morgan fingerprint density at radius 1 is 1.20 bits per heavy atom. The molecule has 0 spiro atoms. The number of ether oxygens (including phenoxy) is 1. The number of hydrogen-bond acceptors (Lipinski definition) is 4. The normalized spacial score (nSPS) is 21.6. The van der Waals surface area contributed by atoms with Crippen LogP contribution in [-0.4, -0.2) is 45.9 Å². The topological polar surface area (TPSA) is 63.9 Å². The molecule has 0 aromatic carbocycles. The number of rotatable bonds is 4. The lowest BCUT2D eigenvalue weighted by atomic mass is 9.81. The van der Waals surface area contributed by atoms with Crippen molar-refractivity contribution in [2.45, 2.75) is 46.5 Å². The Kier molecular flexibility index (Phi) is 5.50. The number of carbonyl (C=O) groups excluding carboxylic acids is 2. The summed E-state index contributed by atoms with van der Waals surface area (Å²) in [5.74, 6) is -0.127. The molecule has 2 aromatic heterocycles. The van der Waals surface area contributed by atoms with E-state index in [1.54, 1.807) is 0 Å². The van der Waals surface area contributed by atoms with Gasteiger partial charge in [-0.15, -0.1) is 0 Å². The number of esters is 1. The zero-order valence-electron chi connectivity index (χ0n) is 18.0. The molecule has 6 nitrogen and oxygen atoms in total. The van der Waals surface area contributed by atoms with Crippen LogP contribution < -0.4 is 0 Å². The molecular weight excluding hydrogens is 378 g/mol. The van der Waals surface area contributed by atoms with Crippen molar-refractivity contribution < 1.29 is 14.3 Å². The van der Waals surface area contributed by atoms with E-state index in [-0.39, 0.29) is 11.9 Å². The summed E-state index contributed by atoms with van der Waals surface area (Å²) < 4.78 is 7.22. The lowest BCUT2D eigenvalue weighted by Crippen LogP contribution is -2.35. The van der Waals surface area contributed by atoms with Crippen molar-refractivity contribution >= 4 is 23.1 Å². The van der Waals surface area contributed by atoms with Crippen molar-refractivity contribution in [1.29, 1.82) is 0 Å². The van der Waals surface area contributed by atoms with Crippen molar-refractivity contribution in [1.82, 2.24) is 14.3 Å². The van der Waals surface area contributed by atoms with Crippen molar-refractivity contribution in [2.75, 3.05) is 19.7 Å². The maximum atomic E-state index is 13.0. The molecular formula is C24H29N3O3. The van der Waals surface area contributed by atoms with Crippen LogP contribution in [0, 0.1) is 12.3 Å². The van der Waals surface area contributed by atoms with Gasteiger partial charge in [0, 0.05) is 19.3 Å². The summed E-state index contributed by atoms with van der Waals surface area (Å²) in [6.07, 6.45) is 11.7. The number of pyridine rings is 1. The zero-order chi connectivity index (χ0) is 21.3. The number of likely N-dealkylation sites (tertiary alicyclic amines) is 1. The van der Waals surface area contributed by atoms with Crippen LogP contribution >= 0.6 is 0 Å². The van der Waals surface area contributed by atoms with E-state index in [4.69, 9.17) is 4.74 Å². The van der Waals surface area contributed by atoms with Gasteiger partial charge in [0.25, 0.3) is 5.91 Å². The van der Waals surface area contributed by atoms with Crippen LogP contribution in [0.2, 0.25) is 0 Å². The van der Waals surface area contributed by atoms with Crippen LogP contribution in [0.1, 0.15) is 61.3 Å². The van der Waals surface area contributed by atoms with Crippen LogP contribution in [-0.2, 0) is 9.53 Å². The highest BCUT2D eigenvalue weighted by atomic mass is 16.5. The Bertz CT molecular complexity index is 1040. The molecule has 30 heavy (non-hydrogen) atoms. The molecule has 0 saturated carbocycles. The highest BCUT2D eigenvalue weighted by Crippen LogP contribution is 2.35. The molecule has 2 aliphatic rings. The predicted octanol–water partition coefficient (Wildman–Crippen LogP) is 4.18. The Morgan fingerprint density at radius 3 is 2.63 bits per heavy atom. The fourth-order valence-corrected chi connectivity index (χ4v) is 4.27. The summed E-state index contributed by atoms with van der Waals surface area (Å²) in [7, 11) is 0. The molecule has 1 aliphatic carbocycles. The van der Waals surface area contributed by atoms with Crippen LogP contribution in [0.3, 0.4) is 0 Å². The van der Waals surface area contributed by atoms with Crippen LogP contribution in [0.25, 0.3) is 11.2 Å². The van der Waals surface area contributed by atoms with Gasteiger partial charge in [0.15, 0.2) is 0 Å². The number of aromatic nitrogens is 2. The SMILES string of the molecule is CCOC(=O)C1(C)C=CC(c2c(C)nc3ccc(C(=O)N4CCCCC4)cn23)=CC1. The Morgan fingerprint density at radius 2 is 1.97 bits per heavy atom.